The van der Waals surface area contributed by atoms with Crippen molar-refractivity contribution in [3.05, 3.63) is 10.7 Å². The van der Waals surface area contributed by atoms with Crippen LogP contribution in [0.2, 0.25) is 0 Å². The smallest absolute Gasteiger partial charge is 0.232 e. The highest BCUT2D eigenvalue weighted by Gasteiger charge is 2.32. The fourth-order valence-corrected chi connectivity index (χ4v) is 2.01. The number of nitrogens with zero attached hydrogens (tertiary/aromatic N) is 2. The van der Waals surface area contributed by atoms with E-state index in [1.165, 1.54) is 19.3 Å². The molecule has 0 amide bonds. The Morgan fingerprint density at radius 1 is 1.53 bits per heavy atom. The molecule has 82 valence electrons. The van der Waals surface area contributed by atoms with E-state index < -0.39 is 0 Å². The molecule has 1 N–H and O–H groups in total. The lowest BCUT2D eigenvalue weighted by Gasteiger charge is -2.39. The lowest BCUT2D eigenvalue weighted by atomic mass is 9.79. The summed E-state index contributed by atoms with van der Waals surface area (Å²) in [5.41, 5.74) is 0.166. The van der Waals surface area contributed by atoms with E-state index in [2.05, 4.69) is 38.1 Å². The summed E-state index contributed by atoms with van der Waals surface area (Å²) in [6.07, 6.45) is 5.33. The second-order valence-electron chi connectivity index (χ2n) is 4.09. The molecule has 0 radical (unpaired) electrons. The van der Waals surface area contributed by atoms with Crippen LogP contribution >= 0.6 is 15.9 Å². The first kappa shape index (κ1) is 10.7. The molecule has 1 saturated carbocycles. The average molecular weight is 272 g/mol. The Hall–Kier alpha value is -0.840. The molecule has 0 saturated heterocycles. The number of methoxy groups -OCH3 is 1. The third-order valence-electron chi connectivity index (χ3n) is 2.78. The molecule has 1 aromatic rings. The lowest BCUT2D eigenvalue weighted by molar-refractivity contribution is 0.304. The Balaban J connectivity index is 2.14. The Morgan fingerprint density at radius 3 is 2.80 bits per heavy atom. The third kappa shape index (κ3) is 2.22. The van der Waals surface area contributed by atoms with Gasteiger partial charge in [-0.3, -0.25) is 0 Å². The predicted molar refractivity (Wildman–Crippen MR) is 62.2 cm³/mol. The van der Waals surface area contributed by atoms with Crippen LogP contribution in [0.25, 0.3) is 0 Å². The molecule has 0 bridgehead atoms. The second-order valence-corrected chi connectivity index (χ2v) is 4.94. The summed E-state index contributed by atoms with van der Waals surface area (Å²) in [7, 11) is 1.60. The van der Waals surface area contributed by atoms with Gasteiger partial charge in [0.1, 0.15) is 0 Å². The van der Waals surface area contributed by atoms with Crippen LogP contribution in [0.4, 0.5) is 5.95 Å². The standard InChI is InChI=1S/C10H14BrN3O/c1-10(4-3-5-10)14-9-12-6-7(11)8(13-9)15-2/h6H,3-5H2,1-2H3,(H,12,13,14). The van der Waals surface area contributed by atoms with E-state index in [1.807, 2.05) is 0 Å². The van der Waals surface area contributed by atoms with Gasteiger partial charge in [0.25, 0.3) is 0 Å². The van der Waals surface area contributed by atoms with Crippen molar-refractivity contribution in [3.63, 3.8) is 0 Å². The van der Waals surface area contributed by atoms with Crippen LogP contribution < -0.4 is 10.1 Å². The number of aromatic nitrogens is 2. The monoisotopic (exact) mass is 271 g/mol. The molecule has 2 rings (SSSR count). The zero-order valence-electron chi connectivity index (χ0n) is 8.88. The molecule has 1 aliphatic carbocycles. The van der Waals surface area contributed by atoms with Crippen molar-refractivity contribution in [2.75, 3.05) is 12.4 Å². The van der Waals surface area contributed by atoms with Gasteiger partial charge in [-0.2, -0.15) is 4.98 Å². The van der Waals surface area contributed by atoms with Gasteiger partial charge < -0.3 is 10.1 Å². The first-order valence-electron chi connectivity index (χ1n) is 4.98. The van der Waals surface area contributed by atoms with Gasteiger partial charge in [0.2, 0.25) is 11.8 Å². The minimum atomic E-state index is 0.166. The topological polar surface area (TPSA) is 47.0 Å². The SMILES string of the molecule is COc1nc(NC2(C)CCC2)ncc1Br. The van der Waals surface area contributed by atoms with E-state index in [9.17, 15) is 0 Å². The van der Waals surface area contributed by atoms with Gasteiger partial charge in [-0.25, -0.2) is 4.98 Å². The highest BCUT2D eigenvalue weighted by molar-refractivity contribution is 9.10. The van der Waals surface area contributed by atoms with Gasteiger partial charge >= 0.3 is 0 Å². The van der Waals surface area contributed by atoms with Crippen LogP contribution in [-0.4, -0.2) is 22.6 Å². The summed E-state index contributed by atoms with van der Waals surface area (Å²) in [5.74, 6) is 1.20. The molecule has 1 heterocycles. The van der Waals surface area contributed by atoms with Crippen LogP contribution in [0, 0.1) is 0 Å². The minimum absolute atomic E-state index is 0.166. The van der Waals surface area contributed by atoms with Crippen molar-refractivity contribution in [2.24, 2.45) is 0 Å². The van der Waals surface area contributed by atoms with Crippen molar-refractivity contribution in [1.82, 2.24) is 9.97 Å². The number of anilines is 1. The summed E-state index contributed by atoms with van der Waals surface area (Å²) < 4.78 is 5.89. The van der Waals surface area contributed by atoms with E-state index in [4.69, 9.17) is 4.74 Å². The normalized spacial score (nSPS) is 18.1. The van der Waals surface area contributed by atoms with Gasteiger partial charge in [0, 0.05) is 5.54 Å². The van der Waals surface area contributed by atoms with E-state index in [0.29, 0.717) is 11.8 Å². The summed E-state index contributed by atoms with van der Waals surface area (Å²) in [6.45, 7) is 2.19. The Labute approximate surface area is 97.6 Å². The average Bonchev–Trinajstić information content (AvgIpc) is 2.18. The molecule has 0 spiro atoms. The number of hydrogen-bond donors (Lipinski definition) is 1. The van der Waals surface area contributed by atoms with Crippen molar-refractivity contribution in [1.29, 1.82) is 0 Å². The maximum Gasteiger partial charge on any atom is 0.232 e. The quantitative estimate of drug-likeness (QED) is 0.918. The number of nitrogens with one attached hydrogen (secondary N) is 1. The van der Waals surface area contributed by atoms with Gasteiger partial charge in [0.05, 0.1) is 17.8 Å². The molecule has 0 atom stereocenters. The van der Waals surface area contributed by atoms with Gasteiger partial charge in [-0.05, 0) is 42.1 Å². The molecule has 5 heteroatoms. The molecule has 4 nitrogen and oxygen atoms in total. The maximum absolute atomic E-state index is 5.11. The zero-order chi connectivity index (χ0) is 10.9. The van der Waals surface area contributed by atoms with Crippen LogP contribution in [-0.2, 0) is 0 Å². The van der Waals surface area contributed by atoms with E-state index in [1.54, 1.807) is 13.3 Å². The van der Waals surface area contributed by atoms with Crippen LogP contribution in [0.1, 0.15) is 26.2 Å². The fraction of sp³-hybridized carbons (Fsp3) is 0.600. The van der Waals surface area contributed by atoms with E-state index >= 15 is 0 Å². The van der Waals surface area contributed by atoms with Gasteiger partial charge in [-0.1, -0.05) is 0 Å². The van der Waals surface area contributed by atoms with Crippen LogP contribution in [0.5, 0.6) is 5.88 Å². The van der Waals surface area contributed by atoms with Crippen molar-refractivity contribution >= 4 is 21.9 Å². The third-order valence-corrected chi connectivity index (χ3v) is 3.32. The fourth-order valence-electron chi connectivity index (χ4n) is 1.66. The number of hydrogen-bond acceptors (Lipinski definition) is 4. The summed E-state index contributed by atoms with van der Waals surface area (Å²) in [6, 6.07) is 0. The molecule has 1 fully saturated rings. The summed E-state index contributed by atoms with van der Waals surface area (Å²) in [5, 5.41) is 3.33. The van der Waals surface area contributed by atoms with E-state index in [-0.39, 0.29) is 5.54 Å². The Kier molecular flexibility index (Phi) is 2.82. The predicted octanol–water partition coefficient (Wildman–Crippen LogP) is 2.60. The minimum Gasteiger partial charge on any atom is -0.480 e. The summed E-state index contributed by atoms with van der Waals surface area (Å²) >= 11 is 3.32. The largest absolute Gasteiger partial charge is 0.480 e. The molecular formula is C10H14BrN3O. The van der Waals surface area contributed by atoms with Gasteiger partial charge in [0.15, 0.2) is 0 Å². The van der Waals surface area contributed by atoms with Crippen molar-refractivity contribution in [3.8, 4) is 5.88 Å². The molecule has 0 aromatic carbocycles. The van der Waals surface area contributed by atoms with Crippen LogP contribution in [0.3, 0.4) is 0 Å². The number of rotatable bonds is 3. The molecule has 1 aromatic heterocycles. The van der Waals surface area contributed by atoms with Gasteiger partial charge in [-0.15, -0.1) is 0 Å². The molecule has 15 heavy (non-hydrogen) atoms. The molecular weight excluding hydrogens is 258 g/mol. The highest BCUT2D eigenvalue weighted by Crippen LogP contribution is 2.34. The lowest BCUT2D eigenvalue weighted by Crippen LogP contribution is -2.42. The maximum atomic E-state index is 5.11. The first-order chi connectivity index (χ1) is 7.13. The van der Waals surface area contributed by atoms with Crippen molar-refractivity contribution in [2.45, 2.75) is 31.7 Å². The van der Waals surface area contributed by atoms with Crippen molar-refractivity contribution < 1.29 is 4.74 Å². The molecule has 0 aliphatic heterocycles. The summed E-state index contributed by atoms with van der Waals surface area (Å²) in [4.78, 5) is 8.47. The second kappa shape index (κ2) is 3.96. The molecule has 1 aliphatic rings. The molecule has 0 unspecified atom stereocenters. The number of halogens is 1. The Bertz CT molecular complexity index is 366. The highest BCUT2D eigenvalue weighted by atomic mass is 79.9. The first-order valence-corrected chi connectivity index (χ1v) is 5.77. The zero-order valence-corrected chi connectivity index (χ0v) is 10.5. The van der Waals surface area contributed by atoms with E-state index in [0.717, 1.165) is 4.47 Å². The van der Waals surface area contributed by atoms with Crippen LogP contribution in [0.15, 0.2) is 10.7 Å². The number of ether oxygens (including phenoxy) is 1. The Morgan fingerprint density at radius 2 is 2.27 bits per heavy atom.